The molecular weight excluding hydrogens is 352 g/mol. The average Bonchev–Trinajstić information content (AvgIpc) is 2.33. The molecule has 0 aliphatic carbocycles. The van der Waals surface area contributed by atoms with E-state index in [9.17, 15) is 8.42 Å². The molecule has 1 aromatic carbocycles. The lowest BCUT2D eigenvalue weighted by Crippen LogP contribution is -2.42. The van der Waals surface area contributed by atoms with Gasteiger partial charge in [-0.1, -0.05) is 6.07 Å². The summed E-state index contributed by atoms with van der Waals surface area (Å²) < 4.78 is 27.9. The molecule has 0 fully saturated rings. The fourth-order valence-corrected chi connectivity index (χ4v) is 4.53. The summed E-state index contributed by atoms with van der Waals surface area (Å²) in [6.07, 6.45) is 0. The maximum atomic E-state index is 12.3. The number of hydrogen-bond donors (Lipinski definition) is 1. The molecule has 0 saturated carbocycles. The van der Waals surface area contributed by atoms with Crippen LogP contribution in [0.5, 0.6) is 0 Å². The van der Waals surface area contributed by atoms with Gasteiger partial charge in [0, 0.05) is 29.6 Å². The molecule has 0 saturated heterocycles. The van der Waals surface area contributed by atoms with E-state index in [-0.39, 0.29) is 4.90 Å². The number of benzene rings is 1. The summed E-state index contributed by atoms with van der Waals surface area (Å²) >= 11 is 3.32. The first-order valence-electron chi connectivity index (χ1n) is 7.16. The van der Waals surface area contributed by atoms with Crippen LogP contribution in [0.1, 0.15) is 33.3 Å². The standard InChI is InChI=1S/C15H25BrN2O2S/c1-11(2)18(12(3)4)9-8-17-21(19,20)15-7-6-13(5)10-14(15)16/h6-7,10-12,17H,8-9H2,1-5H3. The summed E-state index contributed by atoms with van der Waals surface area (Å²) in [5, 5.41) is 0. The Morgan fingerprint density at radius 3 is 2.24 bits per heavy atom. The minimum absolute atomic E-state index is 0.286. The van der Waals surface area contributed by atoms with Crippen molar-refractivity contribution < 1.29 is 8.42 Å². The highest BCUT2D eigenvalue weighted by molar-refractivity contribution is 9.10. The third kappa shape index (κ3) is 5.36. The van der Waals surface area contributed by atoms with E-state index in [1.165, 1.54) is 0 Å². The summed E-state index contributed by atoms with van der Waals surface area (Å²) in [5.41, 5.74) is 1.02. The third-order valence-corrected chi connectivity index (χ3v) is 5.80. The molecule has 0 spiro atoms. The van der Waals surface area contributed by atoms with E-state index in [0.717, 1.165) is 5.56 Å². The number of nitrogens with zero attached hydrogens (tertiary/aromatic N) is 1. The Balaban J connectivity index is 2.73. The quantitative estimate of drug-likeness (QED) is 0.794. The van der Waals surface area contributed by atoms with Crippen molar-refractivity contribution in [1.82, 2.24) is 9.62 Å². The molecule has 1 N–H and O–H groups in total. The molecule has 0 aromatic heterocycles. The number of nitrogens with one attached hydrogen (secondary N) is 1. The molecule has 0 aliphatic heterocycles. The Hall–Kier alpha value is -0.430. The lowest BCUT2D eigenvalue weighted by Gasteiger charge is -2.30. The van der Waals surface area contributed by atoms with Crippen LogP contribution < -0.4 is 4.72 Å². The van der Waals surface area contributed by atoms with E-state index in [0.29, 0.717) is 29.6 Å². The van der Waals surface area contributed by atoms with Gasteiger partial charge in [0.15, 0.2) is 0 Å². The molecule has 0 aliphatic rings. The summed E-state index contributed by atoms with van der Waals surface area (Å²) in [5.74, 6) is 0. The molecule has 4 nitrogen and oxygen atoms in total. The first kappa shape index (κ1) is 18.6. The van der Waals surface area contributed by atoms with Crippen LogP contribution in [0.2, 0.25) is 0 Å². The number of rotatable bonds is 7. The van der Waals surface area contributed by atoms with E-state index in [2.05, 4.69) is 53.2 Å². The van der Waals surface area contributed by atoms with E-state index in [1.807, 2.05) is 13.0 Å². The maximum Gasteiger partial charge on any atom is 0.241 e. The van der Waals surface area contributed by atoms with Gasteiger partial charge in [-0.25, -0.2) is 13.1 Å². The molecule has 21 heavy (non-hydrogen) atoms. The van der Waals surface area contributed by atoms with Crippen molar-refractivity contribution in [3.63, 3.8) is 0 Å². The molecule has 0 amide bonds. The highest BCUT2D eigenvalue weighted by Gasteiger charge is 2.19. The molecular formula is C15H25BrN2O2S. The minimum Gasteiger partial charge on any atom is -0.297 e. The third-order valence-electron chi connectivity index (χ3n) is 3.37. The number of sulfonamides is 1. The molecule has 120 valence electrons. The van der Waals surface area contributed by atoms with Gasteiger partial charge < -0.3 is 0 Å². The summed E-state index contributed by atoms with van der Waals surface area (Å²) in [6, 6.07) is 6.02. The minimum atomic E-state index is -3.48. The summed E-state index contributed by atoms with van der Waals surface area (Å²) in [6.45, 7) is 11.5. The normalized spacial score (nSPS) is 12.6. The van der Waals surface area contributed by atoms with Gasteiger partial charge in [-0.15, -0.1) is 0 Å². The Labute approximate surface area is 137 Å². The second-order valence-electron chi connectivity index (χ2n) is 5.76. The van der Waals surface area contributed by atoms with Gasteiger partial charge in [-0.05, 0) is 68.2 Å². The van der Waals surface area contributed by atoms with Crippen molar-refractivity contribution in [3.8, 4) is 0 Å². The molecule has 1 rings (SSSR count). The fraction of sp³-hybridized carbons (Fsp3) is 0.600. The van der Waals surface area contributed by atoms with E-state index in [1.54, 1.807) is 12.1 Å². The second-order valence-corrected chi connectivity index (χ2v) is 8.35. The van der Waals surface area contributed by atoms with Gasteiger partial charge >= 0.3 is 0 Å². The number of halogens is 1. The largest absolute Gasteiger partial charge is 0.297 e. The second kappa shape index (κ2) is 7.72. The van der Waals surface area contributed by atoms with Gasteiger partial charge in [0.1, 0.15) is 0 Å². The lowest BCUT2D eigenvalue weighted by molar-refractivity contribution is 0.179. The van der Waals surface area contributed by atoms with Crippen LogP contribution in [0.3, 0.4) is 0 Å². The maximum absolute atomic E-state index is 12.3. The Bertz CT molecular complexity index is 563. The van der Waals surface area contributed by atoms with Gasteiger partial charge in [-0.3, -0.25) is 4.90 Å². The Morgan fingerprint density at radius 1 is 1.19 bits per heavy atom. The average molecular weight is 377 g/mol. The van der Waals surface area contributed by atoms with Gasteiger partial charge in [0.2, 0.25) is 10.0 Å². The zero-order chi connectivity index (χ0) is 16.2. The molecule has 0 heterocycles. The van der Waals surface area contributed by atoms with Gasteiger partial charge in [0.25, 0.3) is 0 Å². The van der Waals surface area contributed by atoms with Crippen molar-refractivity contribution in [2.45, 2.75) is 51.6 Å². The van der Waals surface area contributed by atoms with Gasteiger partial charge in [-0.2, -0.15) is 0 Å². The van der Waals surface area contributed by atoms with Crippen LogP contribution in [0.15, 0.2) is 27.6 Å². The van der Waals surface area contributed by atoms with E-state index >= 15 is 0 Å². The van der Waals surface area contributed by atoms with Crippen LogP contribution >= 0.6 is 15.9 Å². The van der Waals surface area contributed by atoms with E-state index in [4.69, 9.17) is 0 Å². The highest BCUT2D eigenvalue weighted by atomic mass is 79.9. The lowest BCUT2D eigenvalue weighted by atomic mass is 10.2. The SMILES string of the molecule is Cc1ccc(S(=O)(=O)NCCN(C(C)C)C(C)C)c(Br)c1. The topological polar surface area (TPSA) is 49.4 Å². The predicted octanol–water partition coefficient (Wildman–Crippen LogP) is 3.15. The van der Waals surface area contributed by atoms with Crippen molar-refractivity contribution in [2.75, 3.05) is 13.1 Å². The van der Waals surface area contributed by atoms with Crippen molar-refractivity contribution in [3.05, 3.63) is 28.2 Å². The molecule has 0 unspecified atom stereocenters. The smallest absolute Gasteiger partial charge is 0.241 e. The molecule has 0 atom stereocenters. The molecule has 0 radical (unpaired) electrons. The van der Waals surface area contributed by atoms with Crippen molar-refractivity contribution in [1.29, 1.82) is 0 Å². The fourth-order valence-electron chi connectivity index (χ4n) is 2.32. The van der Waals surface area contributed by atoms with Crippen LogP contribution in [0.25, 0.3) is 0 Å². The summed E-state index contributed by atoms with van der Waals surface area (Å²) in [7, 11) is -3.48. The van der Waals surface area contributed by atoms with Crippen LogP contribution in [0, 0.1) is 6.92 Å². The first-order chi connectivity index (χ1) is 9.65. The van der Waals surface area contributed by atoms with Gasteiger partial charge in [0.05, 0.1) is 4.90 Å². The van der Waals surface area contributed by atoms with Crippen molar-refractivity contribution >= 4 is 26.0 Å². The van der Waals surface area contributed by atoms with Crippen LogP contribution in [-0.2, 0) is 10.0 Å². The first-order valence-corrected chi connectivity index (χ1v) is 9.44. The van der Waals surface area contributed by atoms with Crippen LogP contribution in [0.4, 0.5) is 0 Å². The van der Waals surface area contributed by atoms with Crippen molar-refractivity contribution in [2.24, 2.45) is 0 Å². The molecule has 6 heteroatoms. The van der Waals surface area contributed by atoms with Crippen LogP contribution in [-0.4, -0.2) is 38.5 Å². The molecule has 0 bridgehead atoms. The zero-order valence-electron chi connectivity index (χ0n) is 13.4. The Kier molecular flexibility index (Phi) is 6.84. The number of hydrogen-bond acceptors (Lipinski definition) is 3. The molecule has 1 aromatic rings. The zero-order valence-corrected chi connectivity index (χ0v) is 15.8. The summed E-state index contributed by atoms with van der Waals surface area (Å²) in [4.78, 5) is 2.54. The predicted molar refractivity (Wildman–Crippen MR) is 91.0 cm³/mol. The Morgan fingerprint density at radius 2 is 1.76 bits per heavy atom. The number of aryl methyl sites for hydroxylation is 1. The van der Waals surface area contributed by atoms with E-state index < -0.39 is 10.0 Å². The monoisotopic (exact) mass is 376 g/mol. The highest BCUT2D eigenvalue weighted by Crippen LogP contribution is 2.22.